The fourth-order valence-corrected chi connectivity index (χ4v) is 3.20. The smallest absolute Gasteiger partial charge is 0.293 e. The Hall–Kier alpha value is -3.89. The third-order valence-electron chi connectivity index (χ3n) is 4.43. The molecule has 0 aliphatic carbocycles. The normalized spacial score (nSPS) is 10.7. The van der Waals surface area contributed by atoms with Crippen molar-refractivity contribution < 1.29 is 18.9 Å². The Morgan fingerprint density at radius 2 is 1.97 bits per heavy atom. The first kappa shape index (κ1) is 22.3. The number of aromatic nitrogens is 3. The lowest BCUT2D eigenvalue weighted by Crippen LogP contribution is -2.12. The van der Waals surface area contributed by atoms with E-state index in [-0.39, 0.29) is 34.8 Å². The van der Waals surface area contributed by atoms with E-state index in [1.165, 1.54) is 30.6 Å². The van der Waals surface area contributed by atoms with Gasteiger partial charge in [0, 0.05) is 11.1 Å². The van der Waals surface area contributed by atoms with E-state index in [0.717, 1.165) is 5.56 Å². The molecule has 0 atom stereocenters. The lowest BCUT2D eigenvalue weighted by Gasteiger charge is -2.06. The summed E-state index contributed by atoms with van der Waals surface area (Å²) in [4.78, 5) is 26.9. The van der Waals surface area contributed by atoms with Crippen molar-refractivity contribution in [3.8, 4) is 5.75 Å². The number of benzene rings is 2. The van der Waals surface area contributed by atoms with E-state index in [1.54, 1.807) is 16.8 Å². The Morgan fingerprint density at radius 3 is 2.76 bits per heavy atom. The van der Waals surface area contributed by atoms with E-state index in [0.29, 0.717) is 17.3 Å². The largest absolute Gasteiger partial charge is 0.484 e. The number of rotatable bonds is 8. The third kappa shape index (κ3) is 5.48. The van der Waals surface area contributed by atoms with Crippen LogP contribution in [0.4, 0.5) is 11.6 Å². The molecule has 12 heteroatoms. The molecule has 0 spiro atoms. The highest BCUT2D eigenvalue weighted by Gasteiger charge is 2.16. The summed E-state index contributed by atoms with van der Waals surface area (Å²) in [5.41, 5.74) is 0.705. The van der Waals surface area contributed by atoms with Gasteiger partial charge < -0.3 is 9.15 Å². The first-order chi connectivity index (χ1) is 15.9. The van der Waals surface area contributed by atoms with Gasteiger partial charge in [0.05, 0.1) is 22.6 Å². The summed E-state index contributed by atoms with van der Waals surface area (Å²) in [5, 5.41) is 18.5. The molecule has 0 unspecified atom stereocenters. The Kier molecular flexibility index (Phi) is 6.57. The SMILES string of the molecule is O=C(Nc1ncn(Cc2ccccc2Cl)n1)c1ccc(COc2cc([N+](=O)[O-])ccc2Cl)o1. The molecule has 0 fully saturated rings. The molecule has 33 heavy (non-hydrogen) atoms. The van der Waals surface area contributed by atoms with Gasteiger partial charge in [-0.1, -0.05) is 41.4 Å². The van der Waals surface area contributed by atoms with E-state index in [9.17, 15) is 14.9 Å². The maximum Gasteiger partial charge on any atom is 0.293 e. The molecule has 4 rings (SSSR count). The van der Waals surface area contributed by atoms with Crippen molar-refractivity contribution in [2.24, 2.45) is 0 Å². The lowest BCUT2D eigenvalue weighted by atomic mass is 10.2. The second kappa shape index (κ2) is 9.72. The molecular weight excluding hydrogens is 473 g/mol. The minimum atomic E-state index is -0.553. The average Bonchev–Trinajstić information content (AvgIpc) is 3.44. The summed E-state index contributed by atoms with van der Waals surface area (Å²) in [6.45, 7) is 0.309. The summed E-state index contributed by atoms with van der Waals surface area (Å²) in [6, 6.07) is 14.2. The maximum absolute atomic E-state index is 12.4. The molecule has 0 aliphatic rings. The monoisotopic (exact) mass is 487 g/mol. The van der Waals surface area contributed by atoms with Crippen LogP contribution in [0.1, 0.15) is 21.9 Å². The number of carbonyl (C=O) groups is 1. The number of nitro groups is 1. The number of non-ortho nitro benzene ring substituents is 1. The Labute approximate surface area is 196 Å². The molecule has 0 bridgehead atoms. The van der Waals surface area contributed by atoms with Crippen molar-refractivity contribution in [2.45, 2.75) is 13.2 Å². The van der Waals surface area contributed by atoms with Crippen LogP contribution >= 0.6 is 23.2 Å². The van der Waals surface area contributed by atoms with Crippen molar-refractivity contribution in [2.75, 3.05) is 5.32 Å². The molecule has 1 amide bonds. The van der Waals surface area contributed by atoms with Gasteiger partial charge in [-0.3, -0.25) is 20.2 Å². The zero-order valence-electron chi connectivity index (χ0n) is 16.8. The van der Waals surface area contributed by atoms with Gasteiger partial charge in [-0.2, -0.15) is 0 Å². The van der Waals surface area contributed by atoms with Crippen LogP contribution in [0, 0.1) is 10.1 Å². The Bertz CT molecular complexity index is 1320. The lowest BCUT2D eigenvalue weighted by molar-refractivity contribution is -0.384. The van der Waals surface area contributed by atoms with E-state index in [2.05, 4.69) is 15.4 Å². The molecule has 2 aromatic carbocycles. The van der Waals surface area contributed by atoms with Gasteiger partial charge in [0.2, 0.25) is 5.95 Å². The van der Waals surface area contributed by atoms with Crippen LogP contribution < -0.4 is 10.1 Å². The van der Waals surface area contributed by atoms with Gasteiger partial charge in [0.15, 0.2) is 5.76 Å². The van der Waals surface area contributed by atoms with Crippen molar-refractivity contribution in [3.05, 3.63) is 98.2 Å². The van der Waals surface area contributed by atoms with Gasteiger partial charge in [-0.05, 0) is 29.8 Å². The number of nitrogens with one attached hydrogen (secondary N) is 1. The van der Waals surface area contributed by atoms with E-state index in [1.807, 2.05) is 18.2 Å². The maximum atomic E-state index is 12.4. The average molecular weight is 488 g/mol. The number of hydrogen-bond donors (Lipinski definition) is 1. The molecule has 2 aromatic heterocycles. The fraction of sp³-hybridized carbons (Fsp3) is 0.0952. The van der Waals surface area contributed by atoms with Gasteiger partial charge in [-0.25, -0.2) is 9.67 Å². The zero-order valence-corrected chi connectivity index (χ0v) is 18.3. The number of hydrogen-bond acceptors (Lipinski definition) is 7. The minimum Gasteiger partial charge on any atom is -0.484 e. The summed E-state index contributed by atoms with van der Waals surface area (Å²) in [5.74, 6) is 0.0115. The van der Waals surface area contributed by atoms with Gasteiger partial charge in [-0.15, -0.1) is 5.10 Å². The van der Waals surface area contributed by atoms with Crippen LogP contribution in [0.3, 0.4) is 0 Å². The number of nitro benzene ring substituents is 1. The highest BCUT2D eigenvalue weighted by molar-refractivity contribution is 6.32. The highest BCUT2D eigenvalue weighted by Crippen LogP contribution is 2.29. The number of nitrogens with zero attached hydrogens (tertiary/aromatic N) is 4. The molecule has 10 nitrogen and oxygen atoms in total. The predicted molar refractivity (Wildman–Crippen MR) is 120 cm³/mol. The zero-order chi connectivity index (χ0) is 23.4. The second-order valence-corrected chi connectivity index (χ2v) is 7.55. The van der Waals surface area contributed by atoms with Crippen LogP contribution in [-0.2, 0) is 13.2 Å². The van der Waals surface area contributed by atoms with Gasteiger partial charge in [0.25, 0.3) is 11.6 Å². The van der Waals surface area contributed by atoms with Gasteiger partial charge in [0.1, 0.15) is 24.4 Å². The molecule has 168 valence electrons. The van der Waals surface area contributed by atoms with Crippen molar-refractivity contribution >= 4 is 40.7 Å². The van der Waals surface area contributed by atoms with Crippen LogP contribution in [-0.4, -0.2) is 25.6 Å². The van der Waals surface area contributed by atoms with Crippen LogP contribution in [0.2, 0.25) is 10.0 Å². The number of carbonyl (C=O) groups excluding carboxylic acids is 1. The fourth-order valence-electron chi connectivity index (χ4n) is 2.84. The first-order valence-electron chi connectivity index (χ1n) is 9.48. The Balaban J connectivity index is 1.36. The third-order valence-corrected chi connectivity index (χ3v) is 5.11. The second-order valence-electron chi connectivity index (χ2n) is 6.74. The summed E-state index contributed by atoms with van der Waals surface area (Å²) in [7, 11) is 0. The minimum absolute atomic E-state index is 0.0150. The molecule has 0 saturated heterocycles. The highest BCUT2D eigenvalue weighted by atomic mass is 35.5. The molecule has 0 radical (unpaired) electrons. The molecule has 4 aromatic rings. The van der Waals surface area contributed by atoms with Crippen molar-refractivity contribution in [3.63, 3.8) is 0 Å². The topological polar surface area (TPSA) is 125 Å². The molecular formula is C21H15Cl2N5O5. The summed E-state index contributed by atoms with van der Waals surface area (Å²) in [6.07, 6.45) is 1.48. The van der Waals surface area contributed by atoms with Crippen LogP contribution in [0.25, 0.3) is 0 Å². The number of ether oxygens (including phenoxy) is 1. The van der Waals surface area contributed by atoms with Crippen LogP contribution in [0.15, 0.2) is 65.3 Å². The quantitative estimate of drug-likeness (QED) is 0.274. The number of furan rings is 1. The van der Waals surface area contributed by atoms with Crippen LogP contribution in [0.5, 0.6) is 5.75 Å². The number of amides is 1. The van der Waals surface area contributed by atoms with Crippen molar-refractivity contribution in [1.82, 2.24) is 14.8 Å². The predicted octanol–water partition coefficient (Wildman–Crippen LogP) is 4.97. The van der Waals surface area contributed by atoms with E-state index >= 15 is 0 Å². The molecule has 0 aliphatic heterocycles. The molecule has 1 N–H and O–H groups in total. The Morgan fingerprint density at radius 1 is 1.15 bits per heavy atom. The van der Waals surface area contributed by atoms with Crippen molar-refractivity contribution in [1.29, 1.82) is 0 Å². The summed E-state index contributed by atoms with van der Waals surface area (Å²) >= 11 is 12.2. The molecule has 0 saturated carbocycles. The number of anilines is 1. The van der Waals surface area contributed by atoms with E-state index < -0.39 is 10.8 Å². The standard InChI is InChI=1S/C21H15Cl2N5O5/c22-16-4-2-1-3-13(16)10-27-12-24-21(26-27)25-20(29)18-8-6-15(33-18)11-32-19-9-14(28(30)31)5-7-17(19)23/h1-9,12H,10-11H2,(H,25,26,29). The summed E-state index contributed by atoms with van der Waals surface area (Å²) < 4.78 is 12.5. The first-order valence-corrected chi connectivity index (χ1v) is 10.2. The van der Waals surface area contributed by atoms with Gasteiger partial charge >= 0.3 is 0 Å². The van der Waals surface area contributed by atoms with E-state index in [4.69, 9.17) is 32.4 Å². The molecule has 2 heterocycles. The number of halogens is 2.